The molecule has 13 heteroatoms. The molecule has 1 aliphatic rings. The van der Waals surface area contributed by atoms with Crippen LogP contribution in [-0.4, -0.2) is 83.0 Å². The van der Waals surface area contributed by atoms with Crippen LogP contribution in [0.4, 0.5) is 5.13 Å². The Bertz CT molecular complexity index is 1320. The molecule has 9 nitrogen and oxygen atoms in total. The number of fused-ring (bicyclic) bond motifs is 1. The molecule has 1 fully saturated rings. The number of sulfonamides is 1. The van der Waals surface area contributed by atoms with Crippen LogP contribution in [0.2, 0.25) is 4.34 Å². The summed E-state index contributed by atoms with van der Waals surface area (Å²) in [4.78, 5) is 22.5. The van der Waals surface area contributed by atoms with Crippen LogP contribution in [-0.2, 0) is 14.8 Å². The first-order chi connectivity index (χ1) is 17.6. The molecule has 1 atom stereocenters. The van der Waals surface area contributed by atoms with Crippen molar-refractivity contribution in [2.24, 2.45) is 5.92 Å². The average molecular weight is 587 g/mol. The Labute approximate surface area is 230 Å². The number of hydrogen-bond acceptors (Lipinski definition) is 9. The van der Waals surface area contributed by atoms with Crippen molar-refractivity contribution in [3.63, 3.8) is 0 Å². The lowest BCUT2D eigenvalue weighted by molar-refractivity contribution is -0.123. The molecule has 1 amide bonds. The molecule has 1 saturated heterocycles. The van der Waals surface area contributed by atoms with Gasteiger partial charge < -0.3 is 14.4 Å². The number of nitrogens with zero attached hydrogens (tertiary/aromatic N) is 4. The Morgan fingerprint density at radius 2 is 1.86 bits per heavy atom. The summed E-state index contributed by atoms with van der Waals surface area (Å²) in [5.74, 6) is 0.655. The highest BCUT2D eigenvalue weighted by Gasteiger charge is 2.37. The van der Waals surface area contributed by atoms with Crippen LogP contribution in [0, 0.1) is 5.92 Å². The van der Waals surface area contributed by atoms with E-state index in [1.807, 2.05) is 20.2 Å². The van der Waals surface area contributed by atoms with E-state index in [-0.39, 0.29) is 16.7 Å². The highest BCUT2D eigenvalue weighted by atomic mass is 35.5. The van der Waals surface area contributed by atoms with Gasteiger partial charge in [-0.15, -0.1) is 11.3 Å². The molecule has 37 heavy (non-hydrogen) atoms. The Hall–Kier alpha value is -1.96. The van der Waals surface area contributed by atoms with E-state index in [9.17, 15) is 13.2 Å². The van der Waals surface area contributed by atoms with Crippen molar-refractivity contribution in [3.8, 4) is 11.5 Å². The highest BCUT2D eigenvalue weighted by Crippen LogP contribution is 2.41. The van der Waals surface area contributed by atoms with E-state index >= 15 is 0 Å². The van der Waals surface area contributed by atoms with Crippen molar-refractivity contribution >= 4 is 65.6 Å². The third-order valence-electron chi connectivity index (χ3n) is 6.26. The summed E-state index contributed by atoms with van der Waals surface area (Å²) < 4.78 is 40.3. The van der Waals surface area contributed by atoms with Gasteiger partial charge in [0.25, 0.3) is 10.0 Å². The molecule has 0 saturated carbocycles. The van der Waals surface area contributed by atoms with Crippen molar-refractivity contribution in [3.05, 3.63) is 28.6 Å². The van der Waals surface area contributed by atoms with Gasteiger partial charge in [-0.3, -0.25) is 9.69 Å². The van der Waals surface area contributed by atoms with Crippen molar-refractivity contribution in [2.75, 3.05) is 59.4 Å². The molecule has 0 N–H and O–H groups in total. The summed E-state index contributed by atoms with van der Waals surface area (Å²) in [5, 5.41) is 0.548. The van der Waals surface area contributed by atoms with E-state index in [0.717, 1.165) is 29.0 Å². The fraction of sp³-hybridized carbons (Fsp3) is 0.500. The Morgan fingerprint density at radius 3 is 2.51 bits per heavy atom. The number of thiazole rings is 1. The number of ether oxygens (including phenoxy) is 2. The summed E-state index contributed by atoms with van der Waals surface area (Å²) in [6.45, 7) is 1.76. The summed E-state index contributed by atoms with van der Waals surface area (Å²) in [6.07, 6.45) is 1.95. The highest BCUT2D eigenvalue weighted by molar-refractivity contribution is 7.91. The lowest BCUT2D eigenvalue weighted by atomic mass is 9.98. The van der Waals surface area contributed by atoms with Gasteiger partial charge in [0.05, 0.1) is 24.5 Å². The SMILES string of the molecule is COc1ccc(OC)c2sc(N(CCCN(C)C)C(=O)C3CCCN(S(=O)(=O)c4ccc(Cl)s4)C3)nc12. The standard InChI is InChI=1S/C24H31ClN4O5S3/c1-27(2)12-6-14-29(24-26-21-17(33-3)8-9-18(34-4)22(21)36-24)23(30)16-7-5-13-28(15-16)37(31,32)20-11-10-19(25)35-20/h8-11,16H,5-7,12-15H2,1-4H3. The number of benzene rings is 1. The number of hydrogen-bond donors (Lipinski definition) is 0. The normalized spacial score (nSPS) is 16.9. The zero-order valence-electron chi connectivity index (χ0n) is 21.3. The summed E-state index contributed by atoms with van der Waals surface area (Å²) in [5.41, 5.74) is 0.634. The molecule has 0 bridgehead atoms. The molecule has 1 aliphatic heterocycles. The molecule has 0 aliphatic carbocycles. The summed E-state index contributed by atoms with van der Waals surface area (Å²) in [7, 11) is 3.43. The van der Waals surface area contributed by atoms with Crippen LogP contribution in [0.3, 0.4) is 0 Å². The number of piperidine rings is 1. The quantitative estimate of drug-likeness (QED) is 0.347. The monoisotopic (exact) mass is 586 g/mol. The molecule has 202 valence electrons. The van der Waals surface area contributed by atoms with Crippen LogP contribution in [0.1, 0.15) is 19.3 Å². The lowest BCUT2D eigenvalue weighted by Gasteiger charge is -2.33. The molecule has 3 heterocycles. The molecule has 0 radical (unpaired) electrons. The second-order valence-electron chi connectivity index (χ2n) is 9.05. The molecule has 4 rings (SSSR count). The molecule has 3 aromatic rings. The minimum atomic E-state index is -3.72. The number of amides is 1. The van der Waals surface area contributed by atoms with Crippen molar-refractivity contribution in [2.45, 2.75) is 23.5 Å². The van der Waals surface area contributed by atoms with Crippen LogP contribution in [0.5, 0.6) is 11.5 Å². The molecule has 1 aromatic carbocycles. The number of aromatic nitrogens is 1. The minimum Gasteiger partial charge on any atom is -0.495 e. The number of carbonyl (C=O) groups is 1. The van der Waals surface area contributed by atoms with Crippen LogP contribution >= 0.6 is 34.3 Å². The smallest absolute Gasteiger partial charge is 0.252 e. The first-order valence-corrected chi connectivity index (χ1v) is 15.3. The molecule has 0 spiro atoms. The predicted octanol–water partition coefficient (Wildman–Crippen LogP) is 4.41. The molecular weight excluding hydrogens is 556 g/mol. The summed E-state index contributed by atoms with van der Waals surface area (Å²) in [6, 6.07) is 6.71. The van der Waals surface area contributed by atoms with Gasteiger partial charge in [-0.05, 0) is 64.2 Å². The van der Waals surface area contributed by atoms with Crippen molar-refractivity contribution in [1.82, 2.24) is 14.2 Å². The van der Waals surface area contributed by atoms with E-state index in [1.165, 1.54) is 21.7 Å². The van der Waals surface area contributed by atoms with Gasteiger partial charge >= 0.3 is 0 Å². The largest absolute Gasteiger partial charge is 0.495 e. The van der Waals surface area contributed by atoms with E-state index in [2.05, 4.69) is 4.90 Å². The van der Waals surface area contributed by atoms with E-state index in [0.29, 0.717) is 52.4 Å². The van der Waals surface area contributed by atoms with Crippen molar-refractivity contribution in [1.29, 1.82) is 0 Å². The molecule has 2 aromatic heterocycles. The van der Waals surface area contributed by atoms with E-state index < -0.39 is 15.9 Å². The molecule has 1 unspecified atom stereocenters. The first kappa shape index (κ1) is 28.1. The Kier molecular flexibility index (Phi) is 8.97. The second kappa shape index (κ2) is 11.8. The fourth-order valence-electron chi connectivity index (χ4n) is 4.38. The van der Waals surface area contributed by atoms with Gasteiger partial charge in [0.15, 0.2) is 5.13 Å². The minimum absolute atomic E-state index is 0.123. The van der Waals surface area contributed by atoms with E-state index in [1.54, 1.807) is 31.3 Å². The molecular formula is C24H31ClN4O5S3. The first-order valence-electron chi connectivity index (χ1n) is 11.9. The van der Waals surface area contributed by atoms with Crippen molar-refractivity contribution < 1.29 is 22.7 Å². The number of methoxy groups -OCH3 is 2. The predicted molar refractivity (Wildman–Crippen MR) is 149 cm³/mol. The van der Waals surface area contributed by atoms with E-state index in [4.69, 9.17) is 26.1 Å². The third kappa shape index (κ3) is 6.04. The lowest BCUT2D eigenvalue weighted by Crippen LogP contribution is -2.47. The van der Waals surface area contributed by atoms with Gasteiger partial charge in [-0.25, -0.2) is 13.4 Å². The number of rotatable bonds is 10. The maximum atomic E-state index is 13.9. The van der Waals surface area contributed by atoms with Crippen LogP contribution in [0.15, 0.2) is 28.5 Å². The Morgan fingerprint density at radius 1 is 1.14 bits per heavy atom. The van der Waals surface area contributed by atoms with Crippen LogP contribution < -0.4 is 14.4 Å². The zero-order valence-corrected chi connectivity index (χ0v) is 24.5. The van der Waals surface area contributed by atoms with Gasteiger partial charge in [0.1, 0.15) is 25.9 Å². The third-order valence-corrected chi connectivity index (χ3v) is 10.9. The number of anilines is 1. The Balaban J connectivity index is 1.64. The summed E-state index contributed by atoms with van der Waals surface area (Å²) >= 11 is 8.39. The number of halogens is 1. The average Bonchev–Trinajstić information content (AvgIpc) is 3.53. The number of thiophene rings is 1. The van der Waals surface area contributed by atoms with Gasteiger partial charge in [0, 0.05) is 19.6 Å². The fourth-order valence-corrected chi connectivity index (χ4v) is 8.65. The maximum Gasteiger partial charge on any atom is 0.252 e. The van der Waals surface area contributed by atoms with Gasteiger partial charge in [-0.1, -0.05) is 22.9 Å². The maximum absolute atomic E-state index is 13.9. The van der Waals surface area contributed by atoms with Gasteiger partial charge in [-0.2, -0.15) is 4.31 Å². The second-order valence-corrected chi connectivity index (χ2v) is 13.9. The van der Waals surface area contributed by atoms with Crippen LogP contribution in [0.25, 0.3) is 10.2 Å². The number of carbonyl (C=O) groups excluding carboxylic acids is 1. The zero-order chi connectivity index (χ0) is 26.7. The topological polar surface area (TPSA) is 92.3 Å². The van der Waals surface area contributed by atoms with Gasteiger partial charge in [0.2, 0.25) is 5.91 Å².